The molecule has 2 aromatic carbocycles. The summed E-state index contributed by atoms with van der Waals surface area (Å²) in [6.45, 7) is -0.0400. The van der Waals surface area contributed by atoms with Crippen LogP contribution in [0.25, 0.3) is 0 Å². The highest BCUT2D eigenvalue weighted by Gasteiger charge is 2.16. The standard InChI is InChI=1S/C14H9Cl2NO4/c15-11-2-1-3-12(16)10(11)8-21-14-6-9(7-18)4-5-13(14)17(19)20/h1-7H,8H2. The van der Waals surface area contributed by atoms with Crippen molar-refractivity contribution in [1.82, 2.24) is 0 Å². The Morgan fingerprint density at radius 2 is 1.86 bits per heavy atom. The number of halogens is 2. The van der Waals surface area contributed by atoms with Gasteiger partial charge in [0.25, 0.3) is 0 Å². The highest BCUT2D eigenvalue weighted by atomic mass is 35.5. The molecule has 0 unspecified atom stereocenters. The largest absolute Gasteiger partial charge is 0.482 e. The molecule has 0 fully saturated rings. The minimum atomic E-state index is -0.585. The maximum absolute atomic E-state index is 11.0. The van der Waals surface area contributed by atoms with E-state index in [9.17, 15) is 14.9 Å². The fourth-order valence-corrected chi connectivity index (χ4v) is 2.20. The minimum absolute atomic E-state index is 0.0133. The molecule has 0 atom stereocenters. The number of carbonyl (C=O) groups excluding carboxylic acids is 1. The van der Waals surface area contributed by atoms with Crippen LogP contribution in [0.5, 0.6) is 5.75 Å². The number of aldehydes is 1. The van der Waals surface area contributed by atoms with Crippen LogP contribution in [0.4, 0.5) is 5.69 Å². The lowest BCUT2D eigenvalue weighted by Crippen LogP contribution is -2.01. The lowest BCUT2D eigenvalue weighted by atomic mass is 10.2. The third kappa shape index (κ3) is 3.51. The molecule has 21 heavy (non-hydrogen) atoms. The summed E-state index contributed by atoms with van der Waals surface area (Å²) in [6.07, 6.45) is 0.582. The summed E-state index contributed by atoms with van der Waals surface area (Å²) in [5, 5.41) is 11.8. The van der Waals surface area contributed by atoms with Crippen molar-refractivity contribution in [3.8, 4) is 5.75 Å². The number of rotatable bonds is 5. The molecule has 2 rings (SSSR count). The van der Waals surface area contributed by atoms with Crippen LogP contribution in [0.15, 0.2) is 36.4 Å². The van der Waals surface area contributed by atoms with Crippen LogP contribution in [0.2, 0.25) is 10.0 Å². The van der Waals surface area contributed by atoms with Gasteiger partial charge in [0.2, 0.25) is 0 Å². The van der Waals surface area contributed by atoms with E-state index in [0.717, 1.165) is 0 Å². The molecule has 108 valence electrons. The summed E-state index contributed by atoms with van der Waals surface area (Å²) in [4.78, 5) is 21.1. The van der Waals surface area contributed by atoms with Crippen LogP contribution in [0.1, 0.15) is 15.9 Å². The highest BCUT2D eigenvalue weighted by Crippen LogP contribution is 2.31. The van der Waals surface area contributed by atoms with Crippen LogP contribution >= 0.6 is 23.2 Å². The Labute approximate surface area is 130 Å². The topological polar surface area (TPSA) is 69.4 Å². The van der Waals surface area contributed by atoms with E-state index in [4.69, 9.17) is 27.9 Å². The second-order valence-electron chi connectivity index (χ2n) is 4.09. The third-order valence-corrected chi connectivity index (χ3v) is 3.46. The van der Waals surface area contributed by atoms with E-state index in [1.165, 1.54) is 18.2 Å². The Hall–Kier alpha value is -2.11. The summed E-state index contributed by atoms with van der Waals surface area (Å²) < 4.78 is 5.42. The zero-order valence-corrected chi connectivity index (χ0v) is 12.1. The smallest absolute Gasteiger partial charge is 0.310 e. The predicted octanol–water partition coefficient (Wildman–Crippen LogP) is 4.29. The number of hydrogen-bond donors (Lipinski definition) is 0. The molecule has 0 radical (unpaired) electrons. The van der Waals surface area contributed by atoms with Gasteiger partial charge in [0.15, 0.2) is 5.75 Å². The van der Waals surface area contributed by atoms with Crippen molar-refractivity contribution in [1.29, 1.82) is 0 Å². The van der Waals surface area contributed by atoms with Crippen molar-refractivity contribution in [3.05, 3.63) is 67.7 Å². The van der Waals surface area contributed by atoms with Gasteiger partial charge >= 0.3 is 5.69 Å². The molecule has 0 amide bonds. The number of carbonyl (C=O) groups is 1. The van der Waals surface area contributed by atoms with Gasteiger partial charge in [0.1, 0.15) is 12.9 Å². The minimum Gasteiger partial charge on any atom is -0.482 e. The Bertz CT molecular complexity index is 683. The second kappa shape index (κ2) is 6.56. The summed E-state index contributed by atoms with van der Waals surface area (Å²) in [5.41, 5.74) is 0.566. The molecule has 0 saturated heterocycles. The monoisotopic (exact) mass is 325 g/mol. The molecule has 0 saturated carbocycles. The molecule has 0 aliphatic rings. The molecule has 2 aromatic rings. The first-order valence-corrected chi connectivity index (χ1v) is 6.58. The molecule has 7 heteroatoms. The van der Waals surface area contributed by atoms with E-state index in [0.29, 0.717) is 21.9 Å². The van der Waals surface area contributed by atoms with Gasteiger partial charge in [0, 0.05) is 27.2 Å². The average molecular weight is 326 g/mol. The highest BCUT2D eigenvalue weighted by molar-refractivity contribution is 6.35. The van der Waals surface area contributed by atoms with Crippen LogP contribution in [-0.2, 0) is 6.61 Å². The molecule has 0 aliphatic carbocycles. The third-order valence-electron chi connectivity index (χ3n) is 2.75. The van der Waals surface area contributed by atoms with Crippen molar-refractivity contribution in [3.63, 3.8) is 0 Å². The summed E-state index contributed by atoms with van der Waals surface area (Å²) in [6, 6.07) is 8.83. The van der Waals surface area contributed by atoms with Crippen molar-refractivity contribution in [2.24, 2.45) is 0 Å². The van der Waals surface area contributed by atoms with E-state index >= 15 is 0 Å². The SMILES string of the molecule is O=Cc1ccc([N+](=O)[O-])c(OCc2c(Cl)cccc2Cl)c1. The first kappa shape index (κ1) is 15.3. The van der Waals surface area contributed by atoms with Gasteiger partial charge < -0.3 is 4.74 Å². The summed E-state index contributed by atoms with van der Waals surface area (Å²) in [5.74, 6) is -0.0133. The van der Waals surface area contributed by atoms with E-state index in [1.54, 1.807) is 18.2 Å². The number of ether oxygens (including phenoxy) is 1. The van der Waals surface area contributed by atoms with Crippen LogP contribution < -0.4 is 4.74 Å². The zero-order chi connectivity index (χ0) is 15.4. The summed E-state index contributed by atoms with van der Waals surface area (Å²) >= 11 is 12.0. The maximum Gasteiger partial charge on any atom is 0.310 e. The zero-order valence-electron chi connectivity index (χ0n) is 10.6. The second-order valence-corrected chi connectivity index (χ2v) is 4.91. The number of nitro benzene ring substituents is 1. The predicted molar refractivity (Wildman–Crippen MR) is 79.3 cm³/mol. The van der Waals surface area contributed by atoms with Crippen molar-refractivity contribution in [2.75, 3.05) is 0 Å². The molecule has 0 aromatic heterocycles. The van der Waals surface area contributed by atoms with Gasteiger partial charge in [-0.05, 0) is 24.3 Å². The average Bonchev–Trinajstić information content (AvgIpc) is 2.46. The maximum atomic E-state index is 11.0. The number of nitrogens with zero attached hydrogens (tertiary/aromatic N) is 1. The molecular weight excluding hydrogens is 317 g/mol. The van der Waals surface area contributed by atoms with Gasteiger partial charge in [-0.1, -0.05) is 29.3 Å². The summed E-state index contributed by atoms with van der Waals surface area (Å²) in [7, 11) is 0. The molecule has 0 bridgehead atoms. The molecule has 0 spiro atoms. The number of benzene rings is 2. The Morgan fingerprint density at radius 3 is 2.43 bits per heavy atom. The van der Waals surface area contributed by atoms with E-state index in [-0.39, 0.29) is 23.6 Å². The van der Waals surface area contributed by atoms with Crippen molar-refractivity contribution in [2.45, 2.75) is 6.61 Å². The van der Waals surface area contributed by atoms with Crippen LogP contribution in [0.3, 0.4) is 0 Å². The first-order chi connectivity index (χ1) is 10.0. The normalized spacial score (nSPS) is 10.2. The number of nitro groups is 1. The quantitative estimate of drug-likeness (QED) is 0.467. The van der Waals surface area contributed by atoms with Gasteiger partial charge in [-0.3, -0.25) is 14.9 Å². The van der Waals surface area contributed by atoms with E-state index in [2.05, 4.69) is 0 Å². The van der Waals surface area contributed by atoms with Gasteiger partial charge in [-0.25, -0.2) is 0 Å². The molecule has 5 nitrogen and oxygen atoms in total. The molecule has 0 N–H and O–H groups in total. The fraction of sp³-hybridized carbons (Fsp3) is 0.0714. The molecular formula is C14H9Cl2NO4. The van der Waals surface area contributed by atoms with Crippen LogP contribution in [0, 0.1) is 10.1 Å². The van der Waals surface area contributed by atoms with Gasteiger partial charge in [0.05, 0.1) is 4.92 Å². The molecule has 0 heterocycles. The first-order valence-electron chi connectivity index (χ1n) is 5.82. The lowest BCUT2D eigenvalue weighted by molar-refractivity contribution is -0.385. The van der Waals surface area contributed by atoms with E-state index < -0.39 is 4.92 Å². The van der Waals surface area contributed by atoms with Gasteiger partial charge in [-0.15, -0.1) is 0 Å². The van der Waals surface area contributed by atoms with Crippen molar-refractivity contribution < 1.29 is 14.5 Å². The Morgan fingerprint density at radius 1 is 1.19 bits per heavy atom. The fourth-order valence-electron chi connectivity index (χ4n) is 1.69. The van der Waals surface area contributed by atoms with E-state index in [1.807, 2.05) is 0 Å². The van der Waals surface area contributed by atoms with Gasteiger partial charge in [-0.2, -0.15) is 0 Å². The Kier molecular flexibility index (Phi) is 4.77. The number of hydrogen-bond acceptors (Lipinski definition) is 4. The van der Waals surface area contributed by atoms with Crippen molar-refractivity contribution >= 4 is 35.2 Å². The van der Waals surface area contributed by atoms with Crippen LogP contribution in [-0.4, -0.2) is 11.2 Å². The molecule has 0 aliphatic heterocycles. The lowest BCUT2D eigenvalue weighted by Gasteiger charge is -2.10. The Balaban J connectivity index is 2.30.